The first kappa shape index (κ1) is 16.2. The summed E-state index contributed by atoms with van der Waals surface area (Å²) >= 11 is 5.99. The van der Waals surface area contributed by atoms with Gasteiger partial charge in [0, 0.05) is 35.1 Å². The Hall–Kier alpha value is -0.680. The van der Waals surface area contributed by atoms with Crippen molar-refractivity contribution in [1.82, 2.24) is 9.80 Å². The Morgan fingerprint density at radius 3 is 2.95 bits per heavy atom. The first-order chi connectivity index (χ1) is 10.5. The molecular formula is C17H24ClFN2O. The molecule has 0 amide bonds. The highest BCUT2D eigenvalue weighted by atomic mass is 35.5. The molecule has 0 spiro atoms. The van der Waals surface area contributed by atoms with Gasteiger partial charge in [-0.05, 0) is 57.6 Å². The molecule has 3 rings (SSSR count). The predicted molar refractivity (Wildman–Crippen MR) is 86.5 cm³/mol. The van der Waals surface area contributed by atoms with E-state index in [1.54, 1.807) is 12.1 Å². The molecule has 2 heterocycles. The van der Waals surface area contributed by atoms with E-state index in [0.717, 1.165) is 38.9 Å². The largest absolute Gasteiger partial charge is 0.396 e. The molecule has 0 unspecified atom stereocenters. The van der Waals surface area contributed by atoms with Crippen LogP contribution in [0.1, 0.15) is 24.8 Å². The van der Waals surface area contributed by atoms with E-state index in [2.05, 4.69) is 16.8 Å². The van der Waals surface area contributed by atoms with Gasteiger partial charge in [-0.3, -0.25) is 4.90 Å². The fourth-order valence-electron chi connectivity index (χ4n) is 4.12. The number of hydrogen-bond donors (Lipinski definition) is 1. The molecule has 0 aliphatic carbocycles. The lowest BCUT2D eigenvalue weighted by Crippen LogP contribution is -2.61. The van der Waals surface area contributed by atoms with E-state index in [1.165, 1.54) is 6.07 Å². The lowest BCUT2D eigenvalue weighted by Gasteiger charge is -2.53. The van der Waals surface area contributed by atoms with E-state index in [1.807, 2.05) is 0 Å². The first-order valence-corrected chi connectivity index (χ1v) is 8.39. The number of rotatable bonds is 3. The molecule has 0 radical (unpaired) electrons. The third kappa shape index (κ3) is 3.02. The SMILES string of the molecule is CN1CCC[C@]2(CO)CCN(Cc3cc(Cl)ccc3F)C[C@@H]12. The minimum Gasteiger partial charge on any atom is -0.396 e. The normalized spacial score (nSPS) is 30.3. The van der Waals surface area contributed by atoms with E-state index in [0.29, 0.717) is 23.2 Å². The Morgan fingerprint density at radius 2 is 2.18 bits per heavy atom. The van der Waals surface area contributed by atoms with Crippen molar-refractivity contribution < 1.29 is 9.50 Å². The Kier molecular flexibility index (Phi) is 4.74. The van der Waals surface area contributed by atoms with Gasteiger partial charge in [0.05, 0.1) is 6.61 Å². The smallest absolute Gasteiger partial charge is 0.127 e. The molecule has 0 bridgehead atoms. The maximum absolute atomic E-state index is 13.9. The number of aliphatic hydroxyl groups is 1. The third-order valence-corrected chi connectivity index (χ3v) is 5.73. The zero-order valence-corrected chi connectivity index (χ0v) is 13.8. The van der Waals surface area contributed by atoms with Crippen LogP contribution in [0, 0.1) is 11.2 Å². The fourth-order valence-corrected chi connectivity index (χ4v) is 4.32. The number of nitrogens with zero attached hydrogens (tertiary/aromatic N) is 2. The van der Waals surface area contributed by atoms with E-state index < -0.39 is 0 Å². The van der Waals surface area contributed by atoms with Crippen LogP contribution >= 0.6 is 11.6 Å². The summed E-state index contributed by atoms with van der Waals surface area (Å²) in [4.78, 5) is 4.65. The number of likely N-dealkylation sites (N-methyl/N-ethyl adjacent to an activating group) is 1. The van der Waals surface area contributed by atoms with Crippen molar-refractivity contribution in [3.63, 3.8) is 0 Å². The van der Waals surface area contributed by atoms with Crippen molar-refractivity contribution in [1.29, 1.82) is 0 Å². The Morgan fingerprint density at radius 1 is 1.36 bits per heavy atom. The van der Waals surface area contributed by atoms with Crippen molar-refractivity contribution in [2.45, 2.75) is 31.8 Å². The third-order valence-electron chi connectivity index (χ3n) is 5.50. The average molecular weight is 327 g/mol. The number of hydrogen-bond acceptors (Lipinski definition) is 3. The zero-order chi connectivity index (χ0) is 15.7. The summed E-state index contributed by atoms with van der Waals surface area (Å²) < 4.78 is 13.9. The lowest BCUT2D eigenvalue weighted by molar-refractivity contribution is -0.0686. The number of halogens is 2. The van der Waals surface area contributed by atoms with Gasteiger partial charge in [-0.2, -0.15) is 0 Å². The van der Waals surface area contributed by atoms with Gasteiger partial charge in [0.25, 0.3) is 0 Å². The number of piperidine rings is 2. The van der Waals surface area contributed by atoms with Crippen LogP contribution in [-0.4, -0.2) is 54.2 Å². The van der Waals surface area contributed by atoms with E-state index in [-0.39, 0.29) is 17.8 Å². The second kappa shape index (κ2) is 6.44. The van der Waals surface area contributed by atoms with Crippen LogP contribution in [0.4, 0.5) is 4.39 Å². The summed E-state index contributed by atoms with van der Waals surface area (Å²) in [5, 5.41) is 10.5. The Balaban J connectivity index is 1.74. The minimum absolute atomic E-state index is 0.0242. The topological polar surface area (TPSA) is 26.7 Å². The van der Waals surface area contributed by atoms with E-state index >= 15 is 0 Å². The van der Waals surface area contributed by atoms with Crippen LogP contribution in [0.3, 0.4) is 0 Å². The van der Waals surface area contributed by atoms with Gasteiger partial charge in [-0.25, -0.2) is 4.39 Å². The Labute approximate surface area is 136 Å². The molecule has 3 nitrogen and oxygen atoms in total. The molecule has 1 aromatic rings. The molecule has 22 heavy (non-hydrogen) atoms. The molecule has 2 aliphatic heterocycles. The van der Waals surface area contributed by atoms with Gasteiger partial charge < -0.3 is 10.0 Å². The summed E-state index contributed by atoms with van der Waals surface area (Å²) in [6.45, 7) is 3.69. The standard InChI is InChI=1S/C17H24ClFN2O/c1-20-7-2-5-17(12-22)6-8-21(11-16(17)20)10-13-9-14(18)3-4-15(13)19/h3-4,9,16,22H,2,5-8,10-12H2,1H3/t16-,17-/m1/s1. The number of aliphatic hydroxyl groups excluding tert-OH is 1. The molecular weight excluding hydrogens is 303 g/mol. The molecule has 5 heteroatoms. The van der Waals surface area contributed by atoms with Crippen molar-refractivity contribution in [3.8, 4) is 0 Å². The molecule has 0 saturated carbocycles. The molecule has 1 N–H and O–H groups in total. The second-order valence-corrected chi connectivity index (χ2v) is 7.28. The van der Waals surface area contributed by atoms with Gasteiger partial charge in [0.2, 0.25) is 0 Å². The quantitative estimate of drug-likeness (QED) is 0.925. The fraction of sp³-hybridized carbons (Fsp3) is 0.647. The minimum atomic E-state index is -0.194. The molecule has 2 atom stereocenters. The highest BCUT2D eigenvalue weighted by molar-refractivity contribution is 6.30. The number of likely N-dealkylation sites (tertiary alicyclic amines) is 2. The van der Waals surface area contributed by atoms with E-state index in [9.17, 15) is 9.50 Å². The number of fused-ring (bicyclic) bond motifs is 1. The van der Waals surface area contributed by atoms with Crippen LogP contribution < -0.4 is 0 Å². The lowest BCUT2D eigenvalue weighted by atomic mass is 9.69. The predicted octanol–water partition coefficient (Wildman–Crippen LogP) is 2.76. The molecule has 1 aromatic carbocycles. The van der Waals surface area contributed by atoms with Crippen molar-refractivity contribution in [2.24, 2.45) is 5.41 Å². The summed E-state index contributed by atoms with van der Waals surface area (Å²) in [5.74, 6) is -0.194. The average Bonchev–Trinajstić information content (AvgIpc) is 2.52. The van der Waals surface area contributed by atoms with Crippen LogP contribution in [-0.2, 0) is 6.54 Å². The highest BCUT2D eigenvalue weighted by Crippen LogP contribution is 2.41. The summed E-state index contributed by atoms with van der Waals surface area (Å²) in [6.07, 6.45) is 3.22. The monoisotopic (exact) mass is 326 g/mol. The molecule has 2 saturated heterocycles. The van der Waals surface area contributed by atoms with Crippen molar-refractivity contribution in [2.75, 3.05) is 33.3 Å². The Bertz CT molecular complexity index is 541. The van der Waals surface area contributed by atoms with Gasteiger partial charge in [-0.1, -0.05) is 11.6 Å². The van der Waals surface area contributed by atoms with Crippen LogP contribution in [0.15, 0.2) is 18.2 Å². The van der Waals surface area contributed by atoms with Crippen LogP contribution in [0.25, 0.3) is 0 Å². The highest BCUT2D eigenvalue weighted by Gasteiger charge is 2.46. The van der Waals surface area contributed by atoms with Crippen LogP contribution in [0.2, 0.25) is 5.02 Å². The molecule has 2 aliphatic rings. The second-order valence-electron chi connectivity index (χ2n) is 6.84. The first-order valence-electron chi connectivity index (χ1n) is 8.01. The summed E-state index contributed by atoms with van der Waals surface area (Å²) in [5.41, 5.74) is 0.679. The van der Waals surface area contributed by atoms with E-state index in [4.69, 9.17) is 11.6 Å². The van der Waals surface area contributed by atoms with Gasteiger partial charge in [-0.15, -0.1) is 0 Å². The maximum atomic E-state index is 13.9. The molecule has 2 fully saturated rings. The van der Waals surface area contributed by atoms with Gasteiger partial charge in [0.15, 0.2) is 0 Å². The van der Waals surface area contributed by atoms with Gasteiger partial charge >= 0.3 is 0 Å². The summed E-state index contributed by atoms with van der Waals surface area (Å²) in [6, 6.07) is 5.09. The summed E-state index contributed by atoms with van der Waals surface area (Å²) in [7, 11) is 2.14. The maximum Gasteiger partial charge on any atom is 0.127 e. The number of benzene rings is 1. The van der Waals surface area contributed by atoms with Crippen LogP contribution in [0.5, 0.6) is 0 Å². The van der Waals surface area contributed by atoms with Gasteiger partial charge in [0.1, 0.15) is 5.82 Å². The molecule has 122 valence electrons. The zero-order valence-electron chi connectivity index (χ0n) is 13.1. The van der Waals surface area contributed by atoms with Crippen molar-refractivity contribution in [3.05, 3.63) is 34.6 Å². The van der Waals surface area contributed by atoms with Crippen molar-refractivity contribution >= 4 is 11.6 Å². The molecule has 0 aromatic heterocycles.